The van der Waals surface area contributed by atoms with Gasteiger partial charge in [0.25, 0.3) is 5.91 Å². The normalized spacial score (nSPS) is 16.0. The number of carbonyl (C=O) groups excluding carboxylic acids is 3. The van der Waals surface area contributed by atoms with E-state index in [0.29, 0.717) is 11.4 Å². The molecule has 2 aromatic rings. The first kappa shape index (κ1) is 19.8. The van der Waals surface area contributed by atoms with Crippen LogP contribution in [0.3, 0.4) is 0 Å². The maximum atomic E-state index is 13.8. The lowest BCUT2D eigenvalue weighted by molar-refractivity contribution is -0.147. The van der Waals surface area contributed by atoms with Crippen molar-refractivity contribution in [3.05, 3.63) is 58.9 Å². The van der Waals surface area contributed by atoms with Crippen LogP contribution in [0.4, 0.5) is 15.8 Å². The summed E-state index contributed by atoms with van der Waals surface area (Å²) in [7, 11) is 0. The maximum absolute atomic E-state index is 13.8. The number of fused-ring (bicyclic) bond motifs is 1. The molecule has 1 atom stereocenters. The van der Waals surface area contributed by atoms with Crippen LogP contribution in [0.25, 0.3) is 0 Å². The van der Waals surface area contributed by atoms with Crippen molar-refractivity contribution in [2.24, 2.45) is 0 Å². The number of nitrogens with zero attached hydrogens (tertiary/aromatic N) is 1. The van der Waals surface area contributed by atoms with Gasteiger partial charge in [-0.25, -0.2) is 4.39 Å². The minimum absolute atomic E-state index is 0.0184. The van der Waals surface area contributed by atoms with Crippen LogP contribution in [0.2, 0.25) is 5.02 Å². The molecule has 1 aliphatic heterocycles. The van der Waals surface area contributed by atoms with Crippen molar-refractivity contribution in [1.29, 1.82) is 0 Å². The largest absolute Gasteiger partial charge is 0.455 e. The Morgan fingerprint density at radius 1 is 1.25 bits per heavy atom. The van der Waals surface area contributed by atoms with Gasteiger partial charge in [0.1, 0.15) is 5.82 Å². The van der Waals surface area contributed by atoms with Crippen molar-refractivity contribution >= 4 is 40.8 Å². The minimum Gasteiger partial charge on any atom is -0.455 e. The molecular formula is C20H18ClFN2O4. The Balaban J connectivity index is 1.70. The number of hydrogen-bond donors (Lipinski definition) is 1. The Hall–Kier alpha value is -2.93. The summed E-state index contributed by atoms with van der Waals surface area (Å²) in [5, 5.41) is 2.86. The van der Waals surface area contributed by atoms with Crippen LogP contribution in [0, 0.1) is 5.82 Å². The van der Waals surface area contributed by atoms with E-state index in [1.165, 1.54) is 23.1 Å². The minimum atomic E-state index is -0.773. The van der Waals surface area contributed by atoms with E-state index in [1.807, 2.05) is 0 Å². The fraction of sp³-hybridized carbons (Fsp3) is 0.250. The van der Waals surface area contributed by atoms with Crippen LogP contribution < -0.4 is 10.2 Å². The van der Waals surface area contributed by atoms with E-state index in [4.69, 9.17) is 16.3 Å². The summed E-state index contributed by atoms with van der Waals surface area (Å²) in [6.07, 6.45) is -0.274. The second-order valence-electron chi connectivity index (χ2n) is 6.42. The van der Waals surface area contributed by atoms with Crippen LogP contribution in [0.15, 0.2) is 42.5 Å². The molecule has 0 aliphatic carbocycles. The van der Waals surface area contributed by atoms with Gasteiger partial charge in [0.15, 0.2) is 6.61 Å². The Morgan fingerprint density at radius 2 is 2.00 bits per heavy atom. The average molecular weight is 405 g/mol. The van der Waals surface area contributed by atoms with Crippen LogP contribution >= 0.6 is 11.6 Å². The molecule has 3 rings (SSSR count). The van der Waals surface area contributed by atoms with Crippen LogP contribution in [0.1, 0.15) is 18.9 Å². The highest BCUT2D eigenvalue weighted by Crippen LogP contribution is 2.31. The highest BCUT2D eigenvalue weighted by atomic mass is 35.5. The summed E-state index contributed by atoms with van der Waals surface area (Å²) in [6.45, 7) is 1.21. The summed E-state index contributed by atoms with van der Waals surface area (Å²) >= 11 is 5.90. The third-order valence-corrected chi connectivity index (χ3v) is 4.72. The lowest BCUT2D eigenvalue weighted by Gasteiger charge is -2.27. The van der Waals surface area contributed by atoms with Gasteiger partial charge < -0.3 is 15.0 Å². The second kappa shape index (κ2) is 8.39. The predicted molar refractivity (Wildman–Crippen MR) is 103 cm³/mol. The van der Waals surface area contributed by atoms with Crippen LogP contribution in [-0.4, -0.2) is 30.4 Å². The van der Waals surface area contributed by atoms with Gasteiger partial charge in [-0.3, -0.25) is 14.4 Å². The van der Waals surface area contributed by atoms with Crippen molar-refractivity contribution in [3.8, 4) is 0 Å². The van der Waals surface area contributed by atoms with Crippen molar-refractivity contribution in [2.45, 2.75) is 25.8 Å². The average Bonchev–Trinajstić information content (AvgIpc) is 2.77. The number of rotatable bonds is 4. The Labute approximate surface area is 166 Å². The quantitative estimate of drug-likeness (QED) is 0.793. The van der Waals surface area contributed by atoms with Crippen molar-refractivity contribution < 1.29 is 23.5 Å². The maximum Gasteiger partial charge on any atom is 0.310 e. The fourth-order valence-electron chi connectivity index (χ4n) is 3.08. The number of amides is 2. The molecule has 0 saturated carbocycles. The topological polar surface area (TPSA) is 75.7 Å². The molecule has 2 amide bonds. The van der Waals surface area contributed by atoms with Gasteiger partial charge in [-0.2, -0.15) is 0 Å². The summed E-state index contributed by atoms with van der Waals surface area (Å²) in [4.78, 5) is 38.2. The van der Waals surface area contributed by atoms with Gasteiger partial charge in [0.2, 0.25) is 5.91 Å². The van der Waals surface area contributed by atoms with Crippen molar-refractivity contribution in [3.63, 3.8) is 0 Å². The molecule has 0 saturated heterocycles. The van der Waals surface area contributed by atoms with Gasteiger partial charge >= 0.3 is 5.97 Å². The molecule has 0 unspecified atom stereocenters. The standard InChI is InChI=1S/C20H18ClFN2O4/c1-12-9-18(25)23-16-7-2-3-8-17(16)24(12)19(26)11-28-20(27)10-13-14(21)5-4-6-15(13)22/h2-8,12H,9-11H2,1H3,(H,23,25)/t12-/m1/s1. The molecular weight excluding hydrogens is 387 g/mol. The highest BCUT2D eigenvalue weighted by Gasteiger charge is 2.30. The Bertz CT molecular complexity index is 914. The Morgan fingerprint density at radius 3 is 2.75 bits per heavy atom. The number of esters is 1. The molecule has 1 N–H and O–H groups in total. The lowest BCUT2D eigenvalue weighted by Crippen LogP contribution is -2.41. The number of anilines is 2. The van der Waals surface area contributed by atoms with E-state index in [1.54, 1.807) is 31.2 Å². The molecule has 1 aliphatic rings. The van der Waals surface area contributed by atoms with Gasteiger partial charge in [-0.1, -0.05) is 29.8 Å². The molecule has 28 heavy (non-hydrogen) atoms. The van der Waals surface area contributed by atoms with Crippen LogP contribution in [0.5, 0.6) is 0 Å². The monoisotopic (exact) mass is 404 g/mol. The molecule has 0 radical (unpaired) electrons. The zero-order chi connectivity index (χ0) is 20.3. The molecule has 146 valence electrons. The zero-order valence-corrected chi connectivity index (χ0v) is 15.8. The van der Waals surface area contributed by atoms with Gasteiger partial charge in [-0.05, 0) is 31.2 Å². The van der Waals surface area contributed by atoms with E-state index >= 15 is 0 Å². The third kappa shape index (κ3) is 4.31. The molecule has 1 heterocycles. The number of benzene rings is 2. The number of hydrogen-bond acceptors (Lipinski definition) is 4. The van der Waals surface area contributed by atoms with E-state index in [9.17, 15) is 18.8 Å². The number of para-hydroxylation sites is 2. The zero-order valence-electron chi connectivity index (χ0n) is 15.1. The molecule has 8 heteroatoms. The van der Waals surface area contributed by atoms with Crippen LogP contribution in [-0.2, 0) is 25.5 Å². The third-order valence-electron chi connectivity index (χ3n) is 4.37. The van der Waals surface area contributed by atoms with E-state index < -0.39 is 30.3 Å². The SMILES string of the molecule is C[C@@H]1CC(=O)Nc2ccccc2N1C(=O)COC(=O)Cc1c(F)cccc1Cl. The number of nitrogens with one attached hydrogen (secondary N) is 1. The Kier molecular flexibility index (Phi) is 5.94. The smallest absolute Gasteiger partial charge is 0.310 e. The molecule has 0 fully saturated rings. The predicted octanol–water partition coefficient (Wildman–Crippen LogP) is 3.33. The van der Waals surface area contributed by atoms with E-state index in [2.05, 4.69) is 5.32 Å². The van der Waals surface area contributed by atoms with Gasteiger partial charge in [0.05, 0.1) is 17.8 Å². The van der Waals surface area contributed by atoms with Gasteiger partial charge in [-0.15, -0.1) is 0 Å². The molecule has 6 nitrogen and oxygen atoms in total. The number of carbonyl (C=O) groups is 3. The number of halogens is 2. The highest BCUT2D eigenvalue weighted by molar-refractivity contribution is 6.31. The summed E-state index contributed by atoms with van der Waals surface area (Å²) < 4.78 is 18.8. The van der Waals surface area contributed by atoms with Crippen molar-refractivity contribution in [2.75, 3.05) is 16.8 Å². The van der Waals surface area contributed by atoms with Gasteiger partial charge in [0, 0.05) is 23.0 Å². The number of ether oxygens (including phenoxy) is 1. The van der Waals surface area contributed by atoms with E-state index in [-0.39, 0.29) is 29.3 Å². The fourth-order valence-corrected chi connectivity index (χ4v) is 3.31. The molecule has 2 aromatic carbocycles. The first-order valence-corrected chi connectivity index (χ1v) is 9.04. The first-order valence-electron chi connectivity index (χ1n) is 8.66. The van der Waals surface area contributed by atoms with E-state index in [0.717, 1.165) is 0 Å². The molecule has 0 bridgehead atoms. The second-order valence-corrected chi connectivity index (χ2v) is 6.83. The molecule has 0 aromatic heterocycles. The summed E-state index contributed by atoms with van der Waals surface area (Å²) in [6, 6.07) is 10.6. The first-order chi connectivity index (χ1) is 13.4. The lowest BCUT2D eigenvalue weighted by atomic mass is 10.1. The molecule has 0 spiro atoms. The van der Waals surface area contributed by atoms with Crippen molar-refractivity contribution in [1.82, 2.24) is 0 Å². The summed E-state index contributed by atoms with van der Waals surface area (Å²) in [5.41, 5.74) is 1.05. The summed E-state index contributed by atoms with van der Waals surface area (Å²) in [5.74, 6) is -2.08.